The monoisotopic (exact) mass is 400 g/mol. The van der Waals surface area contributed by atoms with Gasteiger partial charge in [0.2, 0.25) is 0 Å². The summed E-state index contributed by atoms with van der Waals surface area (Å²) in [7, 11) is -4.20. The van der Waals surface area contributed by atoms with Crippen LogP contribution in [0.1, 0.15) is 72.6 Å². The van der Waals surface area contributed by atoms with Crippen molar-refractivity contribution in [2.45, 2.75) is 82.1 Å². The van der Waals surface area contributed by atoms with Gasteiger partial charge in [0.25, 0.3) is 10.1 Å². The second-order valence-corrected chi connectivity index (χ2v) is 10.6. The Balaban J connectivity index is 4.03. The topological polar surface area (TPSA) is 127 Å². The molecule has 0 amide bonds. The van der Waals surface area contributed by atoms with Gasteiger partial charge in [-0.15, -0.1) is 4.33 Å². The Kier molecular flexibility index (Phi) is 10.4. The van der Waals surface area contributed by atoms with Crippen LogP contribution >= 0.6 is 12.0 Å². The van der Waals surface area contributed by atoms with Crippen molar-refractivity contribution in [3.8, 4) is 0 Å². The van der Waals surface area contributed by atoms with Gasteiger partial charge in [0, 0.05) is 42.5 Å². The maximum atomic E-state index is 11.8. The van der Waals surface area contributed by atoms with Gasteiger partial charge in [0.05, 0.1) is 4.75 Å². The van der Waals surface area contributed by atoms with Crippen LogP contribution in [0.2, 0.25) is 0 Å². The third-order valence-corrected chi connectivity index (χ3v) is 6.30. The maximum absolute atomic E-state index is 11.8. The van der Waals surface area contributed by atoms with E-state index in [9.17, 15) is 18.0 Å². The van der Waals surface area contributed by atoms with Crippen LogP contribution in [0.5, 0.6) is 0 Å². The summed E-state index contributed by atoms with van der Waals surface area (Å²) in [6, 6.07) is 0. The Labute approximate surface area is 153 Å². The summed E-state index contributed by atoms with van der Waals surface area (Å²) in [6.07, 6.45) is 1.81. The van der Waals surface area contributed by atoms with E-state index in [0.29, 0.717) is 19.3 Å². The molecule has 0 radical (unpaired) electrons. The molecule has 0 aromatic carbocycles. The first kappa shape index (κ1) is 24.5. The van der Waals surface area contributed by atoms with Crippen LogP contribution in [0, 0.1) is 0 Å². The van der Waals surface area contributed by atoms with Crippen molar-refractivity contribution in [3.05, 3.63) is 0 Å². The predicted octanol–water partition coefficient (Wildman–Crippen LogP) is 3.37. The van der Waals surface area contributed by atoms with Gasteiger partial charge in [0.15, 0.2) is 0 Å². The number of hydrogen-bond acceptors (Lipinski definition) is 8. The minimum Gasteiger partial charge on any atom is -0.300 e. The number of ketones is 2. The zero-order valence-electron chi connectivity index (χ0n) is 15.1. The van der Waals surface area contributed by atoms with Gasteiger partial charge < -0.3 is 0 Å². The molecule has 0 rings (SSSR count). The molecule has 0 aromatic rings. The van der Waals surface area contributed by atoms with Crippen LogP contribution < -0.4 is 0 Å². The fourth-order valence-corrected chi connectivity index (χ4v) is 2.65. The lowest BCUT2D eigenvalue weighted by atomic mass is 9.99. The molecule has 0 spiro atoms. The summed E-state index contributed by atoms with van der Waals surface area (Å²) in [5.41, 5.74) is 0. The van der Waals surface area contributed by atoms with Crippen LogP contribution in [0.3, 0.4) is 0 Å². The minimum atomic E-state index is -4.20. The Morgan fingerprint density at radius 2 is 1.44 bits per heavy atom. The highest BCUT2D eigenvalue weighted by atomic mass is 32.2. The van der Waals surface area contributed by atoms with Gasteiger partial charge in [-0.1, -0.05) is 5.04 Å². The third-order valence-electron chi connectivity index (χ3n) is 3.91. The zero-order valence-corrected chi connectivity index (χ0v) is 16.7. The van der Waals surface area contributed by atoms with E-state index in [2.05, 4.69) is 9.37 Å². The Morgan fingerprint density at radius 3 is 1.88 bits per heavy atom. The molecule has 0 fully saturated rings. The summed E-state index contributed by atoms with van der Waals surface area (Å²) < 4.78 is 34.0. The summed E-state index contributed by atoms with van der Waals surface area (Å²) in [5, 5.41) is 11.7. The van der Waals surface area contributed by atoms with Crippen molar-refractivity contribution in [1.29, 1.82) is 0 Å². The molecule has 0 aliphatic heterocycles. The SMILES string of the molecule is CC(C)(CCC(=O)CCCC(=O)CCC(C)(C)S(=O)(=O)O)SOOO. The normalized spacial score (nSPS) is 13.0. The average molecular weight is 401 g/mol. The van der Waals surface area contributed by atoms with E-state index >= 15 is 0 Å². The zero-order chi connectivity index (χ0) is 19.7. The third kappa shape index (κ3) is 10.9. The highest BCUT2D eigenvalue weighted by molar-refractivity contribution is 7.95. The van der Waals surface area contributed by atoms with Gasteiger partial charge in [-0.2, -0.15) is 8.42 Å². The molecule has 0 aliphatic rings. The lowest BCUT2D eigenvalue weighted by Crippen LogP contribution is -2.31. The molecule has 0 bridgehead atoms. The molecular formula is C15H28O8S2. The quantitative estimate of drug-likeness (QED) is 0.195. The van der Waals surface area contributed by atoms with Crippen molar-refractivity contribution in [2.24, 2.45) is 0 Å². The largest absolute Gasteiger partial charge is 0.300 e. The van der Waals surface area contributed by atoms with Crippen LogP contribution in [0.4, 0.5) is 0 Å². The lowest BCUT2D eigenvalue weighted by molar-refractivity contribution is -0.432. The van der Waals surface area contributed by atoms with E-state index in [-0.39, 0.29) is 37.2 Å². The maximum Gasteiger partial charge on any atom is 0.270 e. The first-order valence-corrected chi connectivity index (χ1v) is 10.2. The van der Waals surface area contributed by atoms with E-state index in [4.69, 9.17) is 9.81 Å². The molecule has 0 heterocycles. The molecule has 0 unspecified atom stereocenters. The van der Waals surface area contributed by atoms with Gasteiger partial charge in [0.1, 0.15) is 11.6 Å². The minimum absolute atomic E-state index is 0.0182. The number of Topliss-reactive ketones (excluding diaryl/α,β-unsaturated/α-hetero) is 2. The van der Waals surface area contributed by atoms with E-state index in [1.165, 1.54) is 13.8 Å². The molecular weight excluding hydrogens is 372 g/mol. The van der Waals surface area contributed by atoms with Gasteiger partial charge in [-0.05, 0) is 47.0 Å². The van der Waals surface area contributed by atoms with E-state index in [1.807, 2.05) is 13.8 Å². The van der Waals surface area contributed by atoms with Crippen LogP contribution in [-0.4, -0.2) is 39.3 Å². The highest BCUT2D eigenvalue weighted by Gasteiger charge is 2.32. The van der Waals surface area contributed by atoms with Crippen molar-refractivity contribution in [1.82, 2.24) is 0 Å². The molecule has 0 saturated heterocycles. The van der Waals surface area contributed by atoms with E-state index < -0.39 is 19.6 Å². The van der Waals surface area contributed by atoms with Gasteiger partial charge >= 0.3 is 0 Å². The molecule has 0 atom stereocenters. The van der Waals surface area contributed by atoms with Crippen molar-refractivity contribution in [3.63, 3.8) is 0 Å². The van der Waals surface area contributed by atoms with Gasteiger partial charge in [-0.3, -0.25) is 14.1 Å². The second kappa shape index (κ2) is 10.6. The van der Waals surface area contributed by atoms with E-state index in [0.717, 1.165) is 12.0 Å². The molecule has 10 heteroatoms. The molecule has 8 nitrogen and oxygen atoms in total. The standard InChI is InChI=1S/C15H28O8S2/c1-14(2,24-23-22-18)10-8-12(16)6-5-7-13(17)9-11-15(3,4)25(19,20)21/h18H,5-11H2,1-4H3,(H,19,20,21). The number of carbonyl (C=O) groups excluding carboxylic acids is 2. The number of hydrogen-bond donors (Lipinski definition) is 2. The van der Waals surface area contributed by atoms with Crippen LogP contribution in [-0.2, 0) is 29.1 Å². The lowest BCUT2D eigenvalue weighted by Gasteiger charge is -2.20. The number of carbonyl (C=O) groups is 2. The fourth-order valence-electron chi connectivity index (χ4n) is 1.89. The first-order chi connectivity index (χ1) is 11.3. The molecule has 0 aromatic heterocycles. The summed E-state index contributed by atoms with van der Waals surface area (Å²) in [6.45, 7) is 6.41. The predicted molar refractivity (Wildman–Crippen MR) is 94.4 cm³/mol. The van der Waals surface area contributed by atoms with Crippen molar-refractivity contribution >= 4 is 33.7 Å². The second-order valence-electron chi connectivity index (χ2n) is 7.15. The summed E-state index contributed by atoms with van der Waals surface area (Å²) in [5.74, 6) is -0.112. The Hall–Kier alpha value is -0.520. The molecule has 25 heavy (non-hydrogen) atoms. The summed E-state index contributed by atoms with van der Waals surface area (Å²) >= 11 is 0.912. The van der Waals surface area contributed by atoms with E-state index in [1.54, 1.807) is 0 Å². The molecule has 0 saturated carbocycles. The Morgan fingerprint density at radius 1 is 0.960 bits per heavy atom. The van der Waals surface area contributed by atoms with Gasteiger partial charge in [-0.25, -0.2) is 5.26 Å². The molecule has 2 N–H and O–H groups in total. The number of rotatable bonds is 14. The summed E-state index contributed by atoms with van der Waals surface area (Å²) in [4.78, 5) is 23.6. The van der Waals surface area contributed by atoms with Crippen LogP contribution in [0.15, 0.2) is 0 Å². The van der Waals surface area contributed by atoms with Crippen molar-refractivity contribution in [2.75, 3.05) is 0 Å². The molecule has 0 aliphatic carbocycles. The average Bonchev–Trinajstić information content (AvgIpc) is 2.48. The first-order valence-electron chi connectivity index (χ1n) is 7.97. The smallest absolute Gasteiger partial charge is 0.270 e. The Bertz CT molecular complexity index is 540. The van der Waals surface area contributed by atoms with Crippen molar-refractivity contribution < 1.29 is 37.2 Å². The highest BCUT2D eigenvalue weighted by Crippen LogP contribution is 2.30. The fraction of sp³-hybridized carbons (Fsp3) is 0.867. The van der Waals surface area contributed by atoms with Crippen LogP contribution in [0.25, 0.3) is 0 Å². The molecule has 148 valence electrons.